The summed E-state index contributed by atoms with van der Waals surface area (Å²) < 4.78 is 47.2. The van der Waals surface area contributed by atoms with Gasteiger partial charge >= 0.3 is 19.1 Å². The standard InChI is InChI=1S/C18H18F3NO2.ClH2O3P/c1-17(22,16(23)24)15(11-12-5-3-2-4-6-12)13-7-9-14(10-8-13)18(19,20)21;1-5(2,3)4/h2-10,15H,11,22H2,1H3,(H,23,24);(H2,2,3,4). The fraction of sp³-hybridized carbons (Fsp3) is 0.278. The van der Waals surface area contributed by atoms with Crippen molar-refractivity contribution >= 4 is 24.2 Å². The molecule has 0 aliphatic carbocycles. The van der Waals surface area contributed by atoms with Gasteiger partial charge in [-0.25, -0.2) is 4.57 Å². The van der Waals surface area contributed by atoms with E-state index in [-0.39, 0.29) is 0 Å². The van der Waals surface area contributed by atoms with Crippen LogP contribution >= 0.6 is 18.2 Å². The summed E-state index contributed by atoms with van der Waals surface area (Å²) >= 11 is 4.20. The van der Waals surface area contributed by atoms with Crippen LogP contribution in [-0.2, 0) is 22.0 Å². The fourth-order valence-corrected chi connectivity index (χ4v) is 2.58. The van der Waals surface area contributed by atoms with Crippen molar-refractivity contribution in [2.24, 2.45) is 5.73 Å². The lowest BCUT2D eigenvalue weighted by atomic mass is 9.77. The maximum Gasteiger partial charge on any atom is 0.419 e. The second-order valence-electron chi connectivity index (χ2n) is 6.42. The molecule has 11 heteroatoms. The molecule has 2 unspecified atom stereocenters. The zero-order chi connectivity index (χ0) is 22.5. The summed E-state index contributed by atoms with van der Waals surface area (Å²) in [6.45, 7) is -2.79. The average Bonchev–Trinajstić information content (AvgIpc) is 2.58. The second kappa shape index (κ2) is 9.73. The summed E-state index contributed by atoms with van der Waals surface area (Å²) in [5.41, 5.74) is 4.91. The van der Waals surface area contributed by atoms with Crippen LogP contribution in [0, 0.1) is 0 Å². The molecule has 0 heterocycles. The minimum absolute atomic E-state index is 0.311. The van der Waals surface area contributed by atoms with E-state index in [4.69, 9.17) is 20.1 Å². The molecule has 0 spiro atoms. The highest BCUT2D eigenvalue weighted by Gasteiger charge is 2.39. The van der Waals surface area contributed by atoms with Gasteiger partial charge in [-0.2, -0.15) is 13.2 Å². The molecule has 0 saturated heterocycles. The highest BCUT2D eigenvalue weighted by molar-refractivity contribution is 7.79. The van der Waals surface area contributed by atoms with Crippen LogP contribution in [-0.4, -0.2) is 26.4 Å². The molecule has 0 amide bonds. The molecule has 2 rings (SSSR count). The van der Waals surface area contributed by atoms with Gasteiger partial charge < -0.3 is 20.6 Å². The van der Waals surface area contributed by atoms with Gasteiger partial charge in [0.25, 0.3) is 0 Å². The van der Waals surface area contributed by atoms with E-state index in [0.717, 1.165) is 17.7 Å². The third-order valence-corrected chi connectivity index (χ3v) is 4.11. The van der Waals surface area contributed by atoms with Crippen molar-refractivity contribution < 1.29 is 37.4 Å². The molecule has 2 aromatic rings. The first-order chi connectivity index (χ1) is 13.1. The predicted molar refractivity (Wildman–Crippen MR) is 102 cm³/mol. The van der Waals surface area contributed by atoms with Gasteiger partial charge in [0.15, 0.2) is 0 Å². The monoisotopic (exact) mass is 453 g/mol. The number of carboxylic acids is 1. The number of hydrogen-bond acceptors (Lipinski definition) is 3. The number of alkyl halides is 3. The molecule has 0 saturated carbocycles. The van der Waals surface area contributed by atoms with E-state index in [9.17, 15) is 23.1 Å². The first kappa shape index (κ1) is 25.1. The van der Waals surface area contributed by atoms with Gasteiger partial charge in [0, 0.05) is 17.2 Å². The number of rotatable bonds is 5. The first-order valence-electron chi connectivity index (χ1n) is 8.11. The highest BCUT2D eigenvalue weighted by atomic mass is 35.7. The molecule has 0 bridgehead atoms. The summed E-state index contributed by atoms with van der Waals surface area (Å²) in [5.74, 6) is -1.87. The quantitative estimate of drug-likeness (QED) is 0.505. The fourth-order valence-electron chi connectivity index (χ4n) is 2.58. The number of aliphatic carboxylic acids is 1. The molecule has 0 radical (unpaired) electrons. The van der Waals surface area contributed by atoms with Crippen LogP contribution in [0.1, 0.15) is 29.5 Å². The number of nitrogens with two attached hydrogens (primary N) is 1. The van der Waals surface area contributed by atoms with Crippen LogP contribution in [0.3, 0.4) is 0 Å². The largest absolute Gasteiger partial charge is 0.480 e. The SMILES string of the molecule is CC(N)(C(=O)O)C(Cc1ccccc1)c1ccc(C(F)(F)F)cc1.O=P(O)(O)Cl. The molecule has 6 nitrogen and oxygen atoms in total. The highest BCUT2D eigenvalue weighted by Crippen LogP contribution is 2.40. The zero-order valence-corrected chi connectivity index (χ0v) is 16.8. The number of hydrogen-bond donors (Lipinski definition) is 4. The molecule has 0 aliphatic rings. The van der Waals surface area contributed by atoms with E-state index in [1.807, 2.05) is 30.3 Å². The van der Waals surface area contributed by atoms with Crippen molar-refractivity contribution in [1.29, 1.82) is 0 Å². The molecule has 0 aliphatic heterocycles. The Balaban J connectivity index is 0.000000749. The minimum Gasteiger partial charge on any atom is -0.480 e. The Morgan fingerprint density at radius 2 is 1.55 bits per heavy atom. The normalized spacial score (nSPS) is 14.9. The van der Waals surface area contributed by atoms with Crippen LogP contribution in [0.5, 0.6) is 0 Å². The zero-order valence-electron chi connectivity index (χ0n) is 15.2. The van der Waals surface area contributed by atoms with Gasteiger partial charge in [-0.15, -0.1) is 0 Å². The summed E-state index contributed by atoms with van der Waals surface area (Å²) in [4.78, 5) is 26.3. The lowest BCUT2D eigenvalue weighted by Crippen LogP contribution is -2.50. The van der Waals surface area contributed by atoms with Crippen molar-refractivity contribution in [2.45, 2.75) is 31.0 Å². The Morgan fingerprint density at radius 3 is 1.93 bits per heavy atom. The molecule has 2 atom stereocenters. The van der Waals surface area contributed by atoms with Gasteiger partial charge in [-0.05, 0) is 36.6 Å². The van der Waals surface area contributed by atoms with Gasteiger partial charge in [-0.3, -0.25) is 4.79 Å². The molecule has 5 N–H and O–H groups in total. The Labute approximate surface area is 170 Å². The van der Waals surface area contributed by atoms with Crippen molar-refractivity contribution in [1.82, 2.24) is 0 Å². The van der Waals surface area contributed by atoms with Gasteiger partial charge in [0.2, 0.25) is 0 Å². The van der Waals surface area contributed by atoms with Gasteiger partial charge in [0.05, 0.1) is 5.56 Å². The summed E-state index contributed by atoms with van der Waals surface area (Å²) in [5, 5.41) is 9.43. The Morgan fingerprint density at radius 1 is 1.10 bits per heavy atom. The lowest BCUT2D eigenvalue weighted by molar-refractivity contribution is -0.143. The molecule has 0 aromatic heterocycles. The minimum atomic E-state index is -4.44. The van der Waals surface area contributed by atoms with Crippen LogP contribution in [0.15, 0.2) is 54.6 Å². The van der Waals surface area contributed by atoms with Crippen LogP contribution in [0.2, 0.25) is 0 Å². The number of halogens is 4. The van der Waals surface area contributed by atoms with E-state index >= 15 is 0 Å². The molecule has 2 aromatic carbocycles. The number of carboxylic acid groups (broad SMARTS) is 1. The maximum atomic E-state index is 12.7. The molecule has 0 fully saturated rings. The average molecular weight is 454 g/mol. The Kier molecular flexibility index (Phi) is 8.44. The third-order valence-electron chi connectivity index (χ3n) is 4.11. The van der Waals surface area contributed by atoms with E-state index in [1.54, 1.807) is 0 Å². The number of carbonyl (C=O) groups is 1. The van der Waals surface area contributed by atoms with Crippen molar-refractivity contribution in [2.75, 3.05) is 0 Å². The van der Waals surface area contributed by atoms with E-state index < -0.39 is 36.1 Å². The van der Waals surface area contributed by atoms with Crippen molar-refractivity contribution in [3.8, 4) is 0 Å². The number of benzene rings is 2. The molecular weight excluding hydrogens is 434 g/mol. The lowest BCUT2D eigenvalue weighted by Gasteiger charge is -2.31. The molecule has 29 heavy (non-hydrogen) atoms. The van der Waals surface area contributed by atoms with E-state index in [1.165, 1.54) is 19.1 Å². The maximum absolute atomic E-state index is 12.7. The smallest absolute Gasteiger partial charge is 0.419 e. The van der Waals surface area contributed by atoms with Crippen LogP contribution < -0.4 is 5.73 Å². The van der Waals surface area contributed by atoms with Crippen LogP contribution in [0.25, 0.3) is 0 Å². The third kappa shape index (κ3) is 8.55. The van der Waals surface area contributed by atoms with E-state index in [0.29, 0.717) is 12.0 Å². The van der Waals surface area contributed by atoms with E-state index in [2.05, 4.69) is 11.2 Å². The topological polar surface area (TPSA) is 121 Å². The summed E-state index contributed by atoms with van der Waals surface area (Å²) in [7, 11) is 0. The van der Waals surface area contributed by atoms with Crippen LogP contribution in [0.4, 0.5) is 13.2 Å². The van der Waals surface area contributed by atoms with Gasteiger partial charge in [-0.1, -0.05) is 42.5 Å². The predicted octanol–water partition coefficient (Wildman–Crippen LogP) is 4.15. The Bertz CT molecular complexity index is 846. The van der Waals surface area contributed by atoms with Gasteiger partial charge in [0.1, 0.15) is 5.54 Å². The summed E-state index contributed by atoms with van der Waals surface area (Å²) in [6.07, 6.45) is -4.13. The first-order valence-corrected chi connectivity index (χ1v) is 10.6. The molecule has 160 valence electrons. The second-order valence-corrected chi connectivity index (χ2v) is 8.69. The van der Waals surface area contributed by atoms with Crippen molar-refractivity contribution in [3.05, 3.63) is 71.3 Å². The molecular formula is C18H20ClF3NO5P. The van der Waals surface area contributed by atoms with Crippen molar-refractivity contribution in [3.63, 3.8) is 0 Å². The summed E-state index contributed by atoms with van der Waals surface area (Å²) in [6, 6.07) is 13.6. The Hall–Kier alpha value is -1.90.